The molecular formula is C10H14N2O5S3. The molecule has 2 heterocycles. The lowest BCUT2D eigenvalue weighted by Gasteiger charge is -2.21. The van der Waals surface area contributed by atoms with Crippen LogP contribution in [0.3, 0.4) is 0 Å². The average Bonchev–Trinajstić information content (AvgIpc) is 2.76. The summed E-state index contributed by atoms with van der Waals surface area (Å²) < 4.78 is 49.2. The molecule has 0 saturated carbocycles. The summed E-state index contributed by atoms with van der Waals surface area (Å²) in [7, 11) is -6.78. The third kappa shape index (κ3) is 3.55. The molecular weight excluding hydrogens is 324 g/mol. The zero-order valence-corrected chi connectivity index (χ0v) is 13.1. The van der Waals surface area contributed by atoms with Crippen LogP contribution in [-0.2, 0) is 19.9 Å². The first kappa shape index (κ1) is 15.4. The molecule has 1 aromatic rings. The second-order valence-electron chi connectivity index (χ2n) is 4.59. The van der Waals surface area contributed by atoms with Gasteiger partial charge in [-0.15, -0.1) is 11.3 Å². The lowest BCUT2D eigenvalue weighted by Crippen LogP contribution is -2.36. The van der Waals surface area contributed by atoms with Gasteiger partial charge in [0.25, 0.3) is 0 Å². The van der Waals surface area contributed by atoms with Crippen molar-refractivity contribution in [1.29, 1.82) is 0 Å². The first-order chi connectivity index (χ1) is 9.20. The summed E-state index contributed by atoms with van der Waals surface area (Å²) in [6.07, 6.45) is 0.172. The molecule has 0 radical (unpaired) electrons. The Bertz CT molecular complexity index is 706. The van der Waals surface area contributed by atoms with Crippen LogP contribution in [0.15, 0.2) is 5.38 Å². The molecule has 7 nitrogen and oxygen atoms in total. The van der Waals surface area contributed by atoms with Gasteiger partial charge in [-0.2, -0.15) is 0 Å². The van der Waals surface area contributed by atoms with E-state index >= 15 is 0 Å². The Morgan fingerprint density at radius 1 is 1.40 bits per heavy atom. The van der Waals surface area contributed by atoms with Gasteiger partial charge in [0, 0.05) is 12.3 Å². The van der Waals surface area contributed by atoms with E-state index in [4.69, 9.17) is 0 Å². The molecule has 112 valence electrons. The third-order valence-electron chi connectivity index (χ3n) is 3.03. The fourth-order valence-corrected chi connectivity index (χ4v) is 6.10. The number of sulfone groups is 1. The first-order valence-corrected chi connectivity index (χ1v) is 10.1. The summed E-state index contributed by atoms with van der Waals surface area (Å²) in [5.41, 5.74) is 0.207. The Hall–Kier alpha value is -1.00. The Morgan fingerprint density at radius 2 is 2.00 bits per heavy atom. The van der Waals surface area contributed by atoms with Gasteiger partial charge in [-0.05, 0) is 12.8 Å². The molecule has 0 spiro atoms. The van der Waals surface area contributed by atoms with Gasteiger partial charge in [-0.25, -0.2) is 21.8 Å². The second-order valence-corrected chi connectivity index (χ2v) is 9.71. The summed E-state index contributed by atoms with van der Waals surface area (Å²) in [4.78, 5) is 15.0. The van der Waals surface area contributed by atoms with Crippen molar-refractivity contribution in [1.82, 2.24) is 4.98 Å². The van der Waals surface area contributed by atoms with Crippen molar-refractivity contribution < 1.29 is 21.6 Å². The molecule has 20 heavy (non-hydrogen) atoms. The number of carbonyl (C=O) groups excluding carboxylic acids is 1. The van der Waals surface area contributed by atoms with Crippen LogP contribution < -0.4 is 4.72 Å². The number of carbonyl (C=O) groups is 1. The average molecular weight is 338 g/mol. The number of Topliss-reactive ketones (excluding diaryl/α,β-unsaturated/α-hetero) is 1. The molecule has 0 aromatic carbocycles. The minimum Gasteiger partial charge on any atom is -0.293 e. The SMILES string of the molecule is CC(=O)c1csc(NS(=O)(=O)C2CCS(=O)(=O)CC2)n1. The molecule has 1 aliphatic rings. The number of sulfonamides is 1. The first-order valence-electron chi connectivity index (χ1n) is 5.88. The number of hydrogen-bond acceptors (Lipinski definition) is 7. The number of aromatic nitrogens is 1. The summed E-state index contributed by atoms with van der Waals surface area (Å²) in [5.74, 6) is -0.472. The molecule has 1 fully saturated rings. The van der Waals surface area contributed by atoms with E-state index in [0.29, 0.717) is 0 Å². The van der Waals surface area contributed by atoms with Crippen LogP contribution in [-0.4, -0.2) is 44.4 Å². The van der Waals surface area contributed by atoms with Crippen molar-refractivity contribution in [2.45, 2.75) is 25.0 Å². The van der Waals surface area contributed by atoms with Crippen molar-refractivity contribution in [3.63, 3.8) is 0 Å². The standard InChI is InChI=1S/C10H14N2O5S3/c1-7(13)9-6-18-10(11-9)12-20(16,17)8-2-4-19(14,15)5-3-8/h6,8H,2-5H2,1H3,(H,11,12). The smallest absolute Gasteiger partial charge is 0.237 e. The molecule has 1 aromatic heterocycles. The Labute approximate surface area is 121 Å². The van der Waals surface area contributed by atoms with Crippen molar-refractivity contribution in [2.75, 3.05) is 16.2 Å². The Balaban J connectivity index is 2.09. The minimum atomic E-state index is -3.68. The van der Waals surface area contributed by atoms with Gasteiger partial charge >= 0.3 is 0 Å². The summed E-state index contributed by atoms with van der Waals surface area (Å²) in [6.45, 7) is 1.35. The normalized spacial score (nSPS) is 19.6. The van der Waals surface area contributed by atoms with E-state index in [9.17, 15) is 21.6 Å². The Kier molecular flexibility index (Phi) is 4.17. The molecule has 0 atom stereocenters. The topological polar surface area (TPSA) is 110 Å². The van der Waals surface area contributed by atoms with Gasteiger partial charge in [0.2, 0.25) is 10.0 Å². The van der Waals surface area contributed by atoms with Crippen molar-refractivity contribution in [3.8, 4) is 0 Å². The number of nitrogens with one attached hydrogen (secondary N) is 1. The fraction of sp³-hybridized carbons (Fsp3) is 0.600. The van der Waals surface area contributed by atoms with Crippen LogP contribution in [0, 0.1) is 0 Å². The number of nitrogens with zero attached hydrogens (tertiary/aromatic N) is 1. The predicted molar refractivity (Wildman–Crippen MR) is 76.3 cm³/mol. The number of hydrogen-bond donors (Lipinski definition) is 1. The van der Waals surface area contributed by atoms with Crippen LogP contribution in [0.4, 0.5) is 5.13 Å². The molecule has 2 rings (SSSR count). The highest BCUT2D eigenvalue weighted by Gasteiger charge is 2.33. The van der Waals surface area contributed by atoms with Crippen LogP contribution in [0.25, 0.3) is 0 Å². The van der Waals surface area contributed by atoms with E-state index in [1.165, 1.54) is 12.3 Å². The lowest BCUT2D eigenvalue weighted by molar-refractivity contribution is 0.101. The van der Waals surface area contributed by atoms with Crippen LogP contribution in [0.2, 0.25) is 0 Å². The largest absolute Gasteiger partial charge is 0.293 e. The lowest BCUT2D eigenvalue weighted by atomic mass is 10.2. The van der Waals surface area contributed by atoms with Crippen LogP contribution in [0.5, 0.6) is 0 Å². The third-order valence-corrected chi connectivity index (χ3v) is 7.46. The molecule has 0 bridgehead atoms. The van der Waals surface area contributed by atoms with Crippen LogP contribution >= 0.6 is 11.3 Å². The van der Waals surface area contributed by atoms with Gasteiger partial charge in [0.05, 0.1) is 16.8 Å². The summed E-state index contributed by atoms with van der Waals surface area (Å²) in [6, 6.07) is 0. The van der Waals surface area contributed by atoms with Crippen molar-refractivity contribution in [2.24, 2.45) is 0 Å². The highest BCUT2D eigenvalue weighted by atomic mass is 32.2. The molecule has 1 aliphatic heterocycles. The maximum absolute atomic E-state index is 12.1. The maximum Gasteiger partial charge on any atom is 0.237 e. The van der Waals surface area contributed by atoms with E-state index in [-0.39, 0.29) is 41.0 Å². The zero-order valence-electron chi connectivity index (χ0n) is 10.7. The Morgan fingerprint density at radius 3 is 2.50 bits per heavy atom. The zero-order chi connectivity index (χ0) is 15.0. The van der Waals surface area contributed by atoms with Gasteiger partial charge in [0.1, 0.15) is 15.5 Å². The molecule has 10 heteroatoms. The monoisotopic (exact) mass is 338 g/mol. The van der Waals surface area contributed by atoms with E-state index in [2.05, 4.69) is 9.71 Å². The molecule has 0 aliphatic carbocycles. The molecule has 0 unspecified atom stereocenters. The summed E-state index contributed by atoms with van der Waals surface area (Å²) in [5, 5.41) is 0.866. The van der Waals surface area contributed by atoms with Gasteiger partial charge in [-0.1, -0.05) is 0 Å². The van der Waals surface area contributed by atoms with Crippen molar-refractivity contribution >= 4 is 42.1 Å². The highest BCUT2D eigenvalue weighted by molar-refractivity contribution is 7.94. The van der Waals surface area contributed by atoms with E-state index in [1.807, 2.05) is 0 Å². The molecule has 1 saturated heterocycles. The number of anilines is 1. The highest BCUT2D eigenvalue weighted by Crippen LogP contribution is 2.23. The number of ketones is 1. The predicted octanol–water partition coefficient (Wildman–Crippen LogP) is 0.665. The van der Waals surface area contributed by atoms with Crippen LogP contribution in [0.1, 0.15) is 30.3 Å². The minimum absolute atomic E-state index is 0.0859. The quantitative estimate of drug-likeness (QED) is 0.808. The van der Waals surface area contributed by atoms with E-state index in [0.717, 1.165) is 11.3 Å². The maximum atomic E-state index is 12.1. The molecule has 1 N–H and O–H groups in total. The van der Waals surface area contributed by atoms with E-state index in [1.54, 1.807) is 0 Å². The van der Waals surface area contributed by atoms with Crippen molar-refractivity contribution in [3.05, 3.63) is 11.1 Å². The van der Waals surface area contributed by atoms with Gasteiger partial charge in [-0.3, -0.25) is 9.52 Å². The van der Waals surface area contributed by atoms with Gasteiger partial charge < -0.3 is 0 Å². The number of rotatable bonds is 4. The molecule has 0 amide bonds. The number of thiazole rings is 1. The van der Waals surface area contributed by atoms with E-state index < -0.39 is 25.1 Å². The fourth-order valence-electron chi connectivity index (χ4n) is 1.87. The summed E-state index contributed by atoms with van der Waals surface area (Å²) >= 11 is 1.03. The van der Waals surface area contributed by atoms with Gasteiger partial charge in [0.15, 0.2) is 10.9 Å². The second kappa shape index (κ2) is 5.41.